The van der Waals surface area contributed by atoms with E-state index in [1.165, 1.54) is 16.7 Å². The number of benzene rings is 3. The Morgan fingerprint density at radius 2 is 0.893 bits per heavy atom. The van der Waals surface area contributed by atoms with Gasteiger partial charge in [-0.05, 0) is 16.7 Å². The van der Waals surface area contributed by atoms with Crippen molar-refractivity contribution in [2.75, 3.05) is 26.2 Å². The summed E-state index contributed by atoms with van der Waals surface area (Å²) in [6.07, 6.45) is 0. The summed E-state index contributed by atoms with van der Waals surface area (Å²) in [5.41, 5.74) is 4.04. The van der Waals surface area contributed by atoms with E-state index in [9.17, 15) is 0 Å². The van der Waals surface area contributed by atoms with Gasteiger partial charge in [-0.3, -0.25) is 4.90 Å². The molecule has 0 amide bonds. The van der Waals surface area contributed by atoms with Gasteiger partial charge in [0.1, 0.15) is 0 Å². The molecule has 0 aliphatic carbocycles. The molecule has 3 nitrogen and oxygen atoms in total. The third-order valence-electron chi connectivity index (χ3n) is 4.80. The molecule has 0 atom stereocenters. The van der Waals surface area contributed by atoms with E-state index in [0.717, 1.165) is 45.8 Å². The number of hydrogen-bond donors (Lipinski definition) is 2. The Morgan fingerprint density at radius 1 is 0.500 bits per heavy atom. The van der Waals surface area contributed by atoms with E-state index in [4.69, 9.17) is 0 Å². The monoisotopic (exact) mass is 373 g/mol. The van der Waals surface area contributed by atoms with Gasteiger partial charge in [0.05, 0.1) is 0 Å². The van der Waals surface area contributed by atoms with Crippen molar-refractivity contribution in [3.63, 3.8) is 0 Å². The molecule has 0 bridgehead atoms. The SMILES string of the molecule is c1ccc(CNCCN(CCNCc2ccccc2)Cc2ccccc2)cc1. The van der Waals surface area contributed by atoms with Gasteiger partial charge < -0.3 is 10.6 Å². The van der Waals surface area contributed by atoms with E-state index in [2.05, 4.69) is 107 Å². The fourth-order valence-corrected chi connectivity index (χ4v) is 3.24. The van der Waals surface area contributed by atoms with Crippen LogP contribution in [0.4, 0.5) is 0 Å². The smallest absolute Gasteiger partial charge is 0.0234 e. The Morgan fingerprint density at radius 3 is 1.32 bits per heavy atom. The Hall–Kier alpha value is -2.46. The summed E-state index contributed by atoms with van der Waals surface area (Å²) >= 11 is 0. The van der Waals surface area contributed by atoms with Crippen LogP contribution in [-0.4, -0.2) is 31.1 Å². The average molecular weight is 374 g/mol. The van der Waals surface area contributed by atoms with Gasteiger partial charge in [0.15, 0.2) is 0 Å². The lowest BCUT2D eigenvalue weighted by Crippen LogP contribution is -2.36. The van der Waals surface area contributed by atoms with Crippen molar-refractivity contribution in [3.8, 4) is 0 Å². The highest BCUT2D eigenvalue weighted by Gasteiger charge is 2.06. The van der Waals surface area contributed by atoms with E-state index in [1.807, 2.05) is 0 Å². The predicted molar refractivity (Wildman–Crippen MR) is 118 cm³/mol. The zero-order chi connectivity index (χ0) is 19.3. The molecule has 0 radical (unpaired) electrons. The lowest BCUT2D eigenvalue weighted by atomic mass is 10.2. The van der Waals surface area contributed by atoms with Crippen molar-refractivity contribution in [3.05, 3.63) is 108 Å². The average Bonchev–Trinajstić information content (AvgIpc) is 2.76. The molecule has 0 saturated carbocycles. The molecule has 0 spiro atoms. The van der Waals surface area contributed by atoms with Crippen LogP contribution in [0.1, 0.15) is 16.7 Å². The summed E-state index contributed by atoms with van der Waals surface area (Å²) in [7, 11) is 0. The maximum atomic E-state index is 3.57. The van der Waals surface area contributed by atoms with Crippen LogP contribution in [0.5, 0.6) is 0 Å². The third-order valence-corrected chi connectivity index (χ3v) is 4.80. The minimum absolute atomic E-state index is 0.923. The van der Waals surface area contributed by atoms with Crippen LogP contribution in [0.3, 0.4) is 0 Å². The standard InChI is InChI=1S/C25H31N3/c1-4-10-23(11-5-1)20-26-16-18-28(22-25-14-8-3-9-15-25)19-17-27-21-24-12-6-2-7-13-24/h1-15,26-27H,16-22H2. The molecule has 0 aromatic heterocycles. The Balaban J connectivity index is 1.42. The molecule has 146 valence electrons. The van der Waals surface area contributed by atoms with Gasteiger partial charge in [-0.1, -0.05) is 91.0 Å². The minimum Gasteiger partial charge on any atom is -0.311 e. The van der Waals surface area contributed by atoms with Crippen LogP contribution in [0.15, 0.2) is 91.0 Å². The highest BCUT2D eigenvalue weighted by atomic mass is 15.1. The molecule has 28 heavy (non-hydrogen) atoms. The number of nitrogens with zero attached hydrogens (tertiary/aromatic N) is 1. The molecule has 3 rings (SSSR count). The number of nitrogens with one attached hydrogen (secondary N) is 2. The van der Waals surface area contributed by atoms with E-state index < -0.39 is 0 Å². The predicted octanol–water partition coefficient (Wildman–Crippen LogP) is 4.07. The first-order chi connectivity index (χ1) is 13.9. The van der Waals surface area contributed by atoms with Crippen molar-refractivity contribution in [1.29, 1.82) is 0 Å². The topological polar surface area (TPSA) is 27.3 Å². The quantitative estimate of drug-likeness (QED) is 0.469. The van der Waals surface area contributed by atoms with Crippen LogP contribution >= 0.6 is 0 Å². The van der Waals surface area contributed by atoms with Crippen molar-refractivity contribution in [1.82, 2.24) is 15.5 Å². The highest BCUT2D eigenvalue weighted by molar-refractivity contribution is 5.16. The van der Waals surface area contributed by atoms with Gasteiger partial charge in [-0.2, -0.15) is 0 Å². The minimum atomic E-state index is 0.923. The van der Waals surface area contributed by atoms with E-state index in [1.54, 1.807) is 0 Å². The van der Waals surface area contributed by atoms with Crippen LogP contribution in [-0.2, 0) is 19.6 Å². The molecule has 0 heterocycles. The second kappa shape index (κ2) is 12.1. The van der Waals surface area contributed by atoms with Gasteiger partial charge in [-0.25, -0.2) is 0 Å². The normalized spacial score (nSPS) is 11.0. The zero-order valence-electron chi connectivity index (χ0n) is 16.6. The van der Waals surface area contributed by atoms with E-state index in [-0.39, 0.29) is 0 Å². The molecule has 0 saturated heterocycles. The summed E-state index contributed by atoms with van der Waals surface area (Å²) in [5, 5.41) is 7.14. The van der Waals surface area contributed by atoms with E-state index in [0.29, 0.717) is 0 Å². The molecule has 0 unspecified atom stereocenters. The lowest BCUT2D eigenvalue weighted by molar-refractivity contribution is 0.264. The Kier molecular flexibility index (Phi) is 8.75. The highest BCUT2D eigenvalue weighted by Crippen LogP contribution is 2.04. The first-order valence-corrected chi connectivity index (χ1v) is 10.2. The summed E-state index contributed by atoms with van der Waals surface area (Å²) in [4.78, 5) is 2.52. The first kappa shape index (κ1) is 20.3. The lowest BCUT2D eigenvalue weighted by Gasteiger charge is -2.23. The summed E-state index contributed by atoms with van der Waals surface area (Å²) in [6, 6.07) is 31.9. The maximum absolute atomic E-state index is 3.57. The van der Waals surface area contributed by atoms with E-state index >= 15 is 0 Å². The zero-order valence-corrected chi connectivity index (χ0v) is 16.6. The third kappa shape index (κ3) is 7.65. The van der Waals surface area contributed by atoms with Crippen molar-refractivity contribution in [2.24, 2.45) is 0 Å². The maximum Gasteiger partial charge on any atom is 0.0234 e. The molecular formula is C25H31N3. The summed E-state index contributed by atoms with van der Waals surface area (Å²) in [5.74, 6) is 0. The Bertz CT molecular complexity index is 712. The van der Waals surface area contributed by atoms with Gasteiger partial charge in [-0.15, -0.1) is 0 Å². The second-order valence-electron chi connectivity index (χ2n) is 7.09. The molecule has 3 aromatic carbocycles. The van der Waals surface area contributed by atoms with Gasteiger partial charge in [0.2, 0.25) is 0 Å². The molecule has 0 aliphatic heterocycles. The van der Waals surface area contributed by atoms with Gasteiger partial charge >= 0.3 is 0 Å². The Labute approximate surface area is 169 Å². The van der Waals surface area contributed by atoms with Crippen LogP contribution in [0.25, 0.3) is 0 Å². The number of rotatable bonds is 12. The molecule has 0 aliphatic rings. The van der Waals surface area contributed by atoms with Crippen LogP contribution in [0.2, 0.25) is 0 Å². The van der Waals surface area contributed by atoms with Crippen LogP contribution in [0, 0.1) is 0 Å². The largest absolute Gasteiger partial charge is 0.311 e. The second-order valence-corrected chi connectivity index (χ2v) is 7.09. The number of hydrogen-bond acceptors (Lipinski definition) is 3. The molecule has 3 heteroatoms. The van der Waals surface area contributed by atoms with Gasteiger partial charge in [0, 0.05) is 45.8 Å². The fourth-order valence-electron chi connectivity index (χ4n) is 3.24. The molecular weight excluding hydrogens is 342 g/mol. The fraction of sp³-hybridized carbons (Fsp3) is 0.280. The summed E-state index contributed by atoms with van der Waals surface area (Å²) < 4.78 is 0. The molecule has 2 N–H and O–H groups in total. The molecule has 0 fully saturated rings. The van der Waals surface area contributed by atoms with Gasteiger partial charge in [0.25, 0.3) is 0 Å². The van der Waals surface area contributed by atoms with Crippen molar-refractivity contribution < 1.29 is 0 Å². The summed E-state index contributed by atoms with van der Waals surface area (Å²) in [6.45, 7) is 6.88. The molecule has 3 aromatic rings. The van der Waals surface area contributed by atoms with Crippen molar-refractivity contribution >= 4 is 0 Å². The van der Waals surface area contributed by atoms with Crippen molar-refractivity contribution in [2.45, 2.75) is 19.6 Å². The van der Waals surface area contributed by atoms with Crippen LogP contribution < -0.4 is 10.6 Å². The first-order valence-electron chi connectivity index (χ1n) is 10.2.